The normalized spacial score (nSPS) is 10.5. The van der Waals surface area contributed by atoms with Crippen molar-refractivity contribution in [1.29, 1.82) is 0 Å². The highest BCUT2D eigenvalue weighted by molar-refractivity contribution is 5.70. The summed E-state index contributed by atoms with van der Waals surface area (Å²) in [6.45, 7) is 0.769. The summed E-state index contributed by atoms with van der Waals surface area (Å²) < 4.78 is 5.62. The van der Waals surface area contributed by atoms with Crippen LogP contribution < -0.4 is 4.74 Å². The molecule has 0 unspecified atom stereocenters. The first kappa shape index (κ1) is 19.3. The summed E-state index contributed by atoms with van der Waals surface area (Å²) in [5.41, 5.74) is 0.392. The Morgan fingerprint density at radius 2 is 1.38 bits per heavy atom. The van der Waals surface area contributed by atoms with Crippen LogP contribution >= 0.6 is 0 Å². The van der Waals surface area contributed by atoms with E-state index in [1.807, 2.05) is 0 Å². The lowest BCUT2D eigenvalue weighted by molar-refractivity contribution is -0.394. The van der Waals surface area contributed by atoms with E-state index in [1.165, 1.54) is 12.1 Å². The van der Waals surface area contributed by atoms with Gasteiger partial charge in [-0.3, -0.25) is 20.2 Å². The van der Waals surface area contributed by atoms with Crippen molar-refractivity contribution in [2.24, 2.45) is 0 Å². The molecule has 8 heteroatoms. The van der Waals surface area contributed by atoms with Gasteiger partial charge in [-0.2, -0.15) is 0 Å². The number of hydrogen-bond donors (Lipinski definition) is 1. The molecule has 0 spiro atoms. The van der Waals surface area contributed by atoms with E-state index in [-0.39, 0.29) is 18.0 Å². The molecule has 2 aromatic carbocycles. The molecule has 0 atom stereocenters. The zero-order valence-electron chi connectivity index (χ0n) is 14.2. The van der Waals surface area contributed by atoms with Crippen molar-refractivity contribution in [2.45, 2.75) is 25.7 Å². The van der Waals surface area contributed by atoms with Gasteiger partial charge in [0.1, 0.15) is 5.75 Å². The van der Waals surface area contributed by atoms with Crippen molar-refractivity contribution in [3.05, 3.63) is 62.7 Å². The smallest absolute Gasteiger partial charge is 0.276 e. The summed E-state index contributed by atoms with van der Waals surface area (Å²) >= 11 is 0. The maximum atomic E-state index is 11.0. The molecule has 0 saturated heterocycles. The summed E-state index contributed by atoms with van der Waals surface area (Å²) in [6, 6.07) is 10.4. The van der Waals surface area contributed by atoms with E-state index in [9.17, 15) is 20.2 Å². The van der Waals surface area contributed by atoms with E-state index in [4.69, 9.17) is 9.84 Å². The summed E-state index contributed by atoms with van der Waals surface area (Å²) in [5, 5.41) is 30.7. The maximum Gasteiger partial charge on any atom is 0.276 e. The average molecular weight is 360 g/mol. The van der Waals surface area contributed by atoms with Crippen LogP contribution in [0.3, 0.4) is 0 Å². The average Bonchev–Trinajstić information content (AvgIpc) is 2.64. The third kappa shape index (κ3) is 5.52. The molecule has 0 fully saturated rings. The Labute approximate surface area is 150 Å². The van der Waals surface area contributed by atoms with Crippen LogP contribution in [-0.2, 0) is 0 Å². The SMILES string of the molecule is O=[N+]([O-])c1cc(-c2ccc(OCCCCCCO)cc2)cc([N+](=O)[O-])c1. The molecular weight excluding hydrogens is 340 g/mol. The molecular formula is C18H20N2O6. The molecule has 138 valence electrons. The van der Waals surface area contributed by atoms with Gasteiger partial charge < -0.3 is 9.84 Å². The minimum atomic E-state index is -0.648. The summed E-state index contributed by atoms with van der Waals surface area (Å²) in [7, 11) is 0. The molecule has 0 amide bonds. The van der Waals surface area contributed by atoms with Crippen molar-refractivity contribution in [3.8, 4) is 16.9 Å². The fraction of sp³-hybridized carbons (Fsp3) is 0.333. The largest absolute Gasteiger partial charge is 0.494 e. The van der Waals surface area contributed by atoms with Crippen LogP contribution in [-0.4, -0.2) is 28.2 Å². The first-order valence-electron chi connectivity index (χ1n) is 8.29. The Morgan fingerprint density at radius 3 is 1.92 bits per heavy atom. The molecule has 1 N–H and O–H groups in total. The van der Waals surface area contributed by atoms with E-state index in [0.717, 1.165) is 31.7 Å². The van der Waals surface area contributed by atoms with Gasteiger partial charge in [0.05, 0.1) is 22.5 Å². The van der Waals surface area contributed by atoms with Crippen LogP contribution in [0.25, 0.3) is 11.1 Å². The number of ether oxygens (including phenoxy) is 1. The molecule has 26 heavy (non-hydrogen) atoms. The molecule has 0 aliphatic rings. The number of nitro benzene ring substituents is 2. The molecule has 0 radical (unpaired) electrons. The monoisotopic (exact) mass is 360 g/mol. The van der Waals surface area contributed by atoms with Gasteiger partial charge in [-0.1, -0.05) is 18.6 Å². The predicted octanol–water partition coefficient (Wildman–Crippen LogP) is 4.10. The number of hydrogen-bond acceptors (Lipinski definition) is 6. The lowest BCUT2D eigenvalue weighted by atomic mass is 10.0. The zero-order chi connectivity index (χ0) is 18.9. The number of non-ortho nitro benzene ring substituents is 2. The third-order valence-corrected chi connectivity index (χ3v) is 3.83. The highest BCUT2D eigenvalue weighted by atomic mass is 16.6. The van der Waals surface area contributed by atoms with Crippen LogP contribution in [0.15, 0.2) is 42.5 Å². The molecule has 0 aliphatic heterocycles. The summed E-state index contributed by atoms with van der Waals surface area (Å²) in [5.74, 6) is 0.663. The topological polar surface area (TPSA) is 116 Å². The van der Waals surface area contributed by atoms with Crippen LogP contribution in [0, 0.1) is 20.2 Å². The Bertz CT molecular complexity index is 729. The Hall–Kier alpha value is -3.00. The Kier molecular flexibility index (Phi) is 7.04. The van der Waals surface area contributed by atoms with E-state index >= 15 is 0 Å². The van der Waals surface area contributed by atoms with Crippen molar-refractivity contribution in [2.75, 3.05) is 13.2 Å². The second-order valence-corrected chi connectivity index (χ2v) is 5.76. The van der Waals surface area contributed by atoms with Crippen molar-refractivity contribution in [1.82, 2.24) is 0 Å². The van der Waals surface area contributed by atoms with Crippen LogP contribution in [0.4, 0.5) is 11.4 Å². The first-order valence-corrected chi connectivity index (χ1v) is 8.29. The fourth-order valence-corrected chi connectivity index (χ4v) is 2.47. The van der Waals surface area contributed by atoms with E-state index in [0.29, 0.717) is 23.5 Å². The molecule has 2 aromatic rings. The number of unbranched alkanes of at least 4 members (excludes halogenated alkanes) is 3. The van der Waals surface area contributed by atoms with Crippen molar-refractivity contribution >= 4 is 11.4 Å². The number of aliphatic hydroxyl groups is 1. The summed E-state index contributed by atoms with van der Waals surface area (Å²) in [6.07, 6.45) is 3.63. The number of nitrogens with zero attached hydrogens (tertiary/aromatic N) is 2. The standard InChI is InChI=1S/C18H20N2O6/c21-9-3-1-2-4-10-26-18-7-5-14(6-8-18)15-11-16(19(22)23)13-17(12-15)20(24)25/h5-8,11-13,21H,1-4,9-10H2. The first-order chi connectivity index (χ1) is 12.5. The van der Waals surface area contributed by atoms with E-state index in [1.54, 1.807) is 24.3 Å². The summed E-state index contributed by atoms with van der Waals surface area (Å²) in [4.78, 5) is 20.7. The van der Waals surface area contributed by atoms with Gasteiger partial charge in [-0.05, 0) is 42.5 Å². The molecule has 0 aliphatic carbocycles. The van der Waals surface area contributed by atoms with Crippen molar-refractivity contribution in [3.63, 3.8) is 0 Å². The van der Waals surface area contributed by atoms with Gasteiger partial charge in [0, 0.05) is 18.7 Å². The molecule has 0 saturated carbocycles. The lowest BCUT2D eigenvalue weighted by Crippen LogP contribution is -1.97. The minimum Gasteiger partial charge on any atom is -0.494 e. The van der Waals surface area contributed by atoms with Gasteiger partial charge >= 0.3 is 0 Å². The van der Waals surface area contributed by atoms with Gasteiger partial charge in [-0.15, -0.1) is 0 Å². The van der Waals surface area contributed by atoms with Gasteiger partial charge in [0.15, 0.2) is 0 Å². The van der Waals surface area contributed by atoms with Gasteiger partial charge in [0.2, 0.25) is 0 Å². The molecule has 0 bridgehead atoms. The van der Waals surface area contributed by atoms with E-state index < -0.39 is 9.85 Å². The van der Waals surface area contributed by atoms with Gasteiger partial charge in [0.25, 0.3) is 11.4 Å². The van der Waals surface area contributed by atoms with Crippen molar-refractivity contribution < 1.29 is 19.7 Å². The molecule has 0 heterocycles. The maximum absolute atomic E-state index is 11.0. The highest BCUT2D eigenvalue weighted by Crippen LogP contribution is 2.30. The number of nitro groups is 2. The van der Waals surface area contributed by atoms with Crippen LogP contribution in [0.5, 0.6) is 5.75 Å². The van der Waals surface area contributed by atoms with Gasteiger partial charge in [-0.25, -0.2) is 0 Å². The van der Waals surface area contributed by atoms with E-state index in [2.05, 4.69) is 0 Å². The number of benzene rings is 2. The lowest BCUT2D eigenvalue weighted by Gasteiger charge is -2.07. The third-order valence-electron chi connectivity index (χ3n) is 3.83. The Morgan fingerprint density at radius 1 is 0.808 bits per heavy atom. The second-order valence-electron chi connectivity index (χ2n) is 5.76. The zero-order valence-corrected chi connectivity index (χ0v) is 14.2. The molecule has 8 nitrogen and oxygen atoms in total. The molecule has 0 aromatic heterocycles. The predicted molar refractivity (Wildman–Crippen MR) is 96.2 cm³/mol. The fourth-order valence-electron chi connectivity index (χ4n) is 2.47. The molecule has 2 rings (SSSR count). The highest BCUT2D eigenvalue weighted by Gasteiger charge is 2.17. The minimum absolute atomic E-state index is 0.206. The van der Waals surface area contributed by atoms with Crippen LogP contribution in [0.2, 0.25) is 0 Å². The number of aliphatic hydroxyl groups excluding tert-OH is 1. The Balaban J connectivity index is 2.05. The quantitative estimate of drug-likeness (QED) is 0.387. The second kappa shape index (κ2) is 9.47. The van der Waals surface area contributed by atoms with Crippen LogP contribution in [0.1, 0.15) is 25.7 Å². The number of rotatable bonds is 10.